The Labute approximate surface area is 136 Å². The van der Waals surface area contributed by atoms with Gasteiger partial charge >= 0.3 is 0 Å². The van der Waals surface area contributed by atoms with Crippen molar-refractivity contribution < 1.29 is 0 Å². The molecular weight excluding hydrogens is 286 g/mol. The first-order valence-corrected chi connectivity index (χ1v) is 8.37. The van der Waals surface area contributed by atoms with Gasteiger partial charge in [-0.15, -0.1) is 0 Å². The fourth-order valence-corrected chi connectivity index (χ4v) is 3.50. The van der Waals surface area contributed by atoms with E-state index in [2.05, 4.69) is 52.9 Å². The van der Waals surface area contributed by atoms with E-state index in [1.165, 1.54) is 11.4 Å². The van der Waals surface area contributed by atoms with Crippen molar-refractivity contribution in [3.63, 3.8) is 0 Å². The third-order valence-electron chi connectivity index (χ3n) is 4.89. The molecule has 0 aromatic carbocycles. The second-order valence-electron chi connectivity index (χ2n) is 6.32. The minimum Gasteiger partial charge on any atom is -0.333 e. The summed E-state index contributed by atoms with van der Waals surface area (Å²) >= 11 is 0. The molecule has 0 aliphatic heterocycles. The van der Waals surface area contributed by atoms with Crippen LogP contribution in [0.3, 0.4) is 0 Å². The van der Waals surface area contributed by atoms with Gasteiger partial charge in [-0.2, -0.15) is 0 Å². The van der Waals surface area contributed by atoms with Crippen molar-refractivity contribution in [3.8, 4) is 0 Å². The number of rotatable bonds is 4. The van der Waals surface area contributed by atoms with Crippen LogP contribution < -0.4 is 5.32 Å². The molecule has 23 heavy (non-hydrogen) atoms. The Hall–Kier alpha value is -2.14. The van der Waals surface area contributed by atoms with Gasteiger partial charge in [0.05, 0.1) is 24.5 Å². The van der Waals surface area contributed by atoms with Crippen LogP contribution in [0.5, 0.6) is 0 Å². The second kappa shape index (κ2) is 5.81. The summed E-state index contributed by atoms with van der Waals surface area (Å²) in [5.74, 6) is 2.20. The number of imidazole rings is 2. The van der Waals surface area contributed by atoms with Gasteiger partial charge in [0, 0.05) is 25.5 Å². The van der Waals surface area contributed by atoms with E-state index in [0.29, 0.717) is 0 Å². The average Bonchev–Trinajstić information content (AvgIpc) is 3.07. The van der Waals surface area contributed by atoms with Gasteiger partial charge in [0.15, 0.2) is 0 Å². The van der Waals surface area contributed by atoms with Crippen LogP contribution in [0, 0.1) is 0 Å². The Morgan fingerprint density at radius 1 is 0.870 bits per heavy atom. The molecule has 4 rings (SSSR count). The number of fused-ring (bicyclic) bond motifs is 2. The number of allylic oxidation sites excluding steroid dienone is 2. The Balaban J connectivity index is 1.45. The summed E-state index contributed by atoms with van der Waals surface area (Å²) in [4.78, 5) is 9.49. The summed E-state index contributed by atoms with van der Waals surface area (Å²) in [7, 11) is 4.23. The summed E-state index contributed by atoms with van der Waals surface area (Å²) in [5.41, 5.74) is 4.96. The van der Waals surface area contributed by atoms with E-state index in [0.717, 1.165) is 61.8 Å². The fraction of sp³-hybridized carbons (Fsp3) is 0.444. The van der Waals surface area contributed by atoms with Gasteiger partial charge in [0.2, 0.25) is 0 Å². The van der Waals surface area contributed by atoms with Crippen molar-refractivity contribution >= 4 is 12.2 Å². The van der Waals surface area contributed by atoms with Gasteiger partial charge < -0.3 is 14.5 Å². The Morgan fingerprint density at radius 2 is 1.35 bits per heavy atom. The van der Waals surface area contributed by atoms with Crippen LogP contribution >= 0.6 is 0 Å². The van der Waals surface area contributed by atoms with Gasteiger partial charge in [-0.05, 0) is 37.8 Å². The molecule has 0 saturated carbocycles. The molecule has 1 N–H and O–H groups in total. The molecule has 0 atom stereocenters. The summed E-state index contributed by atoms with van der Waals surface area (Å²) < 4.78 is 4.47. The van der Waals surface area contributed by atoms with Crippen molar-refractivity contribution in [3.05, 3.63) is 46.6 Å². The molecule has 2 aliphatic rings. The lowest BCUT2D eigenvalue weighted by molar-refractivity contribution is 0.596. The predicted molar refractivity (Wildman–Crippen MR) is 91.7 cm³/mol. The van der Waals surface area contributed by atoms with Crippen LogP contribution in [-0.2, 0) is 40.0 Å². The van der Waals surface area contributed by atoms with Gasteiger partial charge in [-0.25, -0.2) is 9.97 Å². The molecule has 120 valence electrons. The van der Waals surface area contributed by atoms with Crippen molar-refractivity contribution in [1.29, 1.82) is 0 Å². The molecule has 0 radical (unpaired) electrons. The lowest BCUT2D eigenvalue weighted by Gasteiger charge is -2.09. The summed E-state index contributed by atoms with van der Waals surface area (Å²) in [6.45, 7) is 1.54. The standard InChI is InChI=1S/C18H23N5/c1-22-15-9-5-3-7-13(15)20-17(22)11-19-12-18-21-14-8-4-6-10-16(14)23(18)2/h3-4,7-8,19H,5-6,9-12H2,1-2H3. The smallest absolute Gasteiger partial charge is 0.123 e. The largest absolute Gasteiger partial charge is 0.333 e. The van der Waals surface area contributed by atoms with Crippen LogP contribution in [0.25, 0.3) is 12.2 Å². The molecule has 0 bridgehead atoms. The maximum Gasteiger partial charge on any atom is 0.123 e. The zero-order valence-corrected chi connectivity index (χ0v) is 13.8. The highest BCUT2D eigenvalue weighted by atomic mass is 15.1. The number of hydrogen-bond donors (Lipinski definition) is 1. The van der Waals surface area contributed by atoms with Crippen molar-refractivity contribution in [1.82, 2.24) is 24.4 Å². The summed E-state index contributed by atoms with van der Waals surface area (Å²) in [5, 5.41) is 3.50. The third-order valence-corrected chi connectivity index (χ3v) is 4.89. The monoisotopic (exact) mass is 309 g/mol. The third kappa shape index (κ3) is 2.55. The maximum atomic E-state index is 4.74. The second-order valence-corrected chi connectivity index (χ2v) is 6.32. The highest BCUT2D eigenvalue weighted by Gasteiger charge is 2.16. The molecular formula is C18H23N5. The summed E-state index contributed by atoms with van der Waals surface area (Å²) in [6, 6.07) is 0. The van der Waals surface area contributed by atoms with E-state index in [-0.39, 0.29) is 0 Å². The molecule has 5 nitrogen and oxygen atoms in total. The minimum atomic E-state index is 0.769. The van der Waals surface area contributed by atoms with E-state index in [1.54, 1.807) is 0 Å². The topological polar surface area (TPSA) is 47.7 Å². The number of hydrogen-bond acceptors (Lipinski definition) is 3. The first kappa shape index (κ1) is 14.5. The van der Waals surface area contributed by atoms with E-state index >= 15 is 0 Å². The van der Waals surface area contributed by atoms with Gasteiger partial charge in [0.1, 0.15) is 11.6 Å². The SMILES string of the molecule is Cn1c(CNCc2nc3c(n2C)CCC=C3)nc2c1CCC=C2. The molecule has 2 aromatic rings. The molecule has 2 aliphatic carbocycles. The van der Waals surface area contributed by atoms with Crippen molar-refractivity contribution in [2.45, 2.75) is 38.8 Å². The van der Waals surface area contributed by atoms with E-state index in [4.69, 9.17) is 9.97 Å². The lowest BCUT2D eigenvalue weighted by Crippen LogP contribution is -2.18. The molecule has 0 spiro atoms. The quantitative estimate of drug-likeness (QED) is 0.943. The van der Waals surface area contributed by atoms with E-state index < -0.39 is 0 Å². The molecule has 0 fully saturated rings. The normalized spacial score (nSPS) is 15.7. The number of nitrogens with zero attached hydrogens (tertiary/aromatic N) is 4. The van der Waals surface area contributed by atoms with Gasteiger partial charge in [0.25, 0.3) is 0 Å². The first-order valence-electron chi connectivity index (χ1n) is 8.37. The number of aromatic nitrogens is 4. The van der Waals surface area contributed by atoms with Crippen LogP contribution in [-0.4, -0.2) is 19.1 Å². The van der Waals surface area contributed by atoms with Crippen LogP contribution in [0.15, 0.2) is 12.2 Å². The molecule has 5 heteroatoms. The average molecular weight is 309 g/mol. The zero-order chi connectivity index (χ0) is 15.8. The van der Waals surface area contributed by atoms with Crippen LogP contribution in [0.4, 0.5) is 0 Å². The fourth-order valence-electron chi connectivity index (χ4n) is 3.50. The van der Waals surface area contributed by atoms with Crippen molar-refractivity contribution in [2.75, 3.05) is 0 Å². The Bertz CT molecular complexity index is 725. The molecule has 2 heterocycles. The molecule has 2 aromatic heterocycles. The predicted octanol–water partition coefficient (Wildman–Crippen LogP) is 2.36. The first-order chi connectivity index (χ1) is 11.2. The number of nitrogens with one attached hydrogen (secondary N) is 1. The van der Waals surface area contributed by atoms with Gasteiger partial charge in [-0.3, -0.25) is 0 Å². The Morgan fingerprint density at radius 3 is 1.78 bits per heavy atom. The molecule has 0 unspecified atom stereocenters. The van der Waals surface area contributed by atoms with E-state index in [1.807, 2.05) is 0 Å². The van der Waals surface area contributed by atoms with Crippen molar-refractivity contribution in [2.24, 2.45) is 14.1 Å². The minimum absolute atomic E-state index is 0.769. The molecule has 0 amide bonds. The van der Waals surface area contributed by atoms with Gasteiger partial charge in [-0.1, -0.05) is 12.2 Å². The van der Waals surface area contributed by atoms with Crippen LogP contribution in [0.1, 0.15) is 47.3 Å². The van der Waals surface area contributed by atoms with Crippen LogP contribution in [0.2, 0.25) is 0 Å². The maximum absolute atomic E-state index is 4.74. The molecule has 0 saturated heterocycles. The lowest BCUT2D eigenvalue weighted by atomic mass is 10.1. The highest BCUT2D eigenvalue weighted by molar-refractivity contribution is 5.51. The van der Waals surface area contributed by atoms with E-state index in [9.17, 15) is 0 Å². The Kier molecular flexibility index (Phi) is 3.65. The highest BCUT2D eigenvalue weighted by Crippen LogP contribution is 2.20. The summed E-state index contributed by atoms with van der Waals surface area (Å²) in [6.07, 6.45) is 13.1. The zero-order valence-electron chi connectivity index (χ0n) is 13.8.